The molecular weight excluding hydrogens is 374 g/mol. The van der Waals surface area contributed by atoms with Gasteiger partial charge in [0.25, 0.3) is 0 Å². The summed E-state index contributed by atoms with van der Waals surface area (Å²) < 4.78 is 6.11. The maximum atomic E-state index is 12.1. The van der Waals surface area contributed by atoms with Gasteiger partial charge < -0.3 is 15.6 Å². The lowest BCUT2D eigenvalue weighted by molar-refractivity contribution is 0.0731. The van der Waals surface area contributed by atoms with Crippen molar-refractivity contribution in [1.82, 2.24) is 0 Å². The van der Waals surface area contributed by atoms with Crippen LogP contribution in [0.5, 0.6) is 11.5 Å². The summed E-state index contributed by atoms with van der Waals surface area (Å²) in [5.74, 6) is -0.438. The number of hydrogen-bond donors (Lipinski definition) is 2. The van der Waals surface area contributed by atoms with E-state index in [2.05, 4.69) is 0 Å². The molecule has 0 aliphatic rings. The van der Waals surface area contributed by atoms with Crippen LogP contribution in [0.3, 0.4) is 0 Å². The molecule has 7 heteroatoms. The van der Waals surface area contributed by atoms with E-state index in [0.717, 1.165) is 14.3 Å². The molecule has 25 heavy (non-hydrogen) atoms. The fraction of sp³-hybridized carbons (Fsp3) is 0.111. The van der Waals surface area contributed by atoms with Gasteiger partial charge in [-0.15, -0.1) is 0 Å². The number of phenols is 1. The van der Waals surface area contributed by atoms with Crippen LogP contribution in [0.15, 0.2) is 48.5 Å². The molecule has 0 fully saturated rings. The number of hydrogen-bond acceptors (Lipinski definition) is 7. The normalized spacial score (nSPS) is 9.84. The molecule has 0 saturated heterocycles. The van der Waals surface area contributed by atoms with Gasteiger partial charge in [-0.2, -0.15) is 0 Å². The van der Waals surface area contributed by atoms with Gasteiger partial charge in [0, 0.05) is 10.6 Å². The minimum absolute atomic E-state index is 0.0323. The smallest absolute Gasteiger partial charge is 0.347 e. The van der Waals surface area contributed by atoms with E-state index in [-0.39, 0.29) is 11.3 Å². The van der Waals surface area contributed by atoms with E-state index >= 15 is 0 Å². The first-order chi connectivity index (χ1) is 12.0. The first-order valence-corrected chi connectivity index (χ1v) is 10.1. The maximum absolute atomic E-state index is 12.1. The molecule has 0 radical (unpaired) electrons. The number of rotatable bonds is 3. The van der Waals surface area contributed by atoms with Crippen LogP contribution in [0.2, 0.25) is 0 Å². The van der Waals surface area contributed by atoms with Crippen molar-refractivity contribution in [3.05, 3.63) is 57.9 Å². The zero-order valence-corrected chi connectivity index (χ0v) is 16.1. The molecule has 1 aromatic heterocycles. The van der Waals surface area contributed by atoms with Gasteiger partial charge in [0.2, 0.25) is 0 Å². The van der Waals surface area contributed by atoms with Crippen molar-refractivity contribution < 1.29 is 14.6 Å². The summed E-state index contributed by atoms with van der Waals surface area (Å²) in [4.78, 5) is 13.2. The molecule has 3 aromatic rings. The van der Waals surface area contributed by atoms with Crippen LogP contribution < -0.4 is 10.5 Å². The topological polar surface area (TPSA) is 72.5 Å². The Labute approximate surface area is 158 Å². The lowest BCUT2D eigenvalue weighted by atomic mass is 10.1. The third-order valence-electron chi connectivity index (χ3n) is 3.05. The molecule has 0 aliphatic carbocycles. The second-order valence-electron chi connectivity index (χ2n) is 4.68. The highest BCUT2D eigenvalue weighted by atomic mass is 32.9. The predicted octanol–water partition coefficient (Wildman–Crippen LogP) is 5.74. The zero-order valence-electron chi connectivity index (χ0n) is 13.7. The Kier molecular flexibility index (Phi) is 6.69. The molecule has 3 N–H and O–H groups in total. The standard InChI is InChI=1S/C16H11NO3S3.C2H6/c17-10-3-6-13(18)12(7-10)16(19)20-11-4-1-9(2-5-11)14-8-15(21)23-22-14;1-2/h1-8,18H,17H2;1-2H3. The average molecular weight is 392 g/mol. The SMILES string of the molecule is CC.Nc1ccc(O)c(C(=O)Oc2ccc(-c3cc(=S)ss3)cc2)c1. The second-order valence-corrected chi connectivity index (χ2v) is 7.60. The van der Waals surface area contributed by atoms with Crippen molar-refractivity contribution >= 4 is 44.6 Å². The Morgan fingerprint density at radius 3 is 2.36 bits per heavy atom. The molecule has 0 unspecified atom stereocenters. The van der Waals surface area contributed by atoms with E-state index in [1.165, 1.54) is 18.2 Å². The third kappa shape index (κ3) is 4.88. The molecule has 2 aromatic carbocycles. The van der Waals surface area contributed by atoms with E-state index in [4.69, 9.17) is 22.7 Å². The van der Waals surface area contributed by atoms with Crippen LogP contribution in [-0.4, -0.2) is 11.1 Å². The van der Waals surface area contributed by atoms with Crippen molar-refractivity contribution in [2.45, 2.75) is 13.8 Å². The van der Waals surface area contributed by atoms with E-state index < -0.39 is 5.97 Å². The van der Waals surface area contributed by atoms with Crippen LogP contribution >= 0.6 is 32.9 Å². The lowest BCUT2D eigenvalue weighted by Gasteiger charge is -2.07. The Hall–Kier alpha value is -2.22. The van der Waals surface area contributed by atoms with E-state index in [9.17, 15) is 9.90 Å². The van der Waals surface area contributed by atoms with Gasteiger partial charge in [0.1, 0.15) is 20.9 Å². The zero-order chi connectivity index (χ0) is 18.4. The van der Waals surface area contributed by atoms with Crippen molar-refractivity contribution in [2.75, 3.05) is 5.73 Å². The molecule has 4 nitrogen and oxygen atoms in total. The lowest BCUT2D eigenvalue weighted by Crippen LogP contribution is -2.09. The minimum Gasteiger partial charge on any atom is -0.507 e. The predicted molar refractivity (Wildman–Crippen MR) is 107 cm³/mol. The third-order valence-corrected chi connectivity index (χ3v) is 5.96. The summed E-state index contributed by atoms with van der Waals surface area (Å²) >= 11 is 5.12. The summed E-state index contributed by atoms with van der Waals surface area (Å²) in [7, 11) is 3.15. The van der Waals surface area contributed by atoms with Gasteiger partial charge >= 0.3 is 5.97 Å². The fourth-order valence-corrected chi connectivity index (χ4v) is 4.34. The highest BCUT2D eigenvalue weighted by Crippen LogP contribution is 2.30. The Morgan fingerprint density at radius 1 is 1.08 bits per heavy atom. The highest BCUT2D eigenvalue weighted by Gasteiger charge is 2.14. The van der Waals surface area contributed by atoms with Crippen LogP contribution in [0.1, 0.15) is 24.2 Å². The number of aromatic hydroxyl groups is 1. The Balaban J connectivity index is 0.00000109. The number of nitrogens with two attached hydrogens (primary N) is 1. The van der Waals surface area contributed by atoms with E-state index in [1.807, 2.05) is 32.0 Å². The molecule has 0 atom stereocenters. The fourth-order valence-electron chi connectivity index (χ4n) is 1.94. The first-order valence-electron chi connectivity index (χ1n) is 7.54. The maximum Gasteiger partial charge on any atom is 0.347 e. The van der Waals surface area contributed by atoms with Crippen molar-refractivity contribution in [3.8, 4) is 21.9 Å². The molecule has 0 bridgehead atoms. The van der Waals surface area contributed by atoms with Crippen LogP contribution in [0.4, 0.5) is 5.69 Å². The van der Waals surface area contributed by atoms with Crippen LogP contribution in [0, 0.1) is 3.82 Å². The largest absolute Gasteiger partial charge is 0.507 e. The number of ether oxygens (including phenoxy) is 1. The molecular formula is C18H17NO3S3. The number of phenolic OH excluding ortho intramolecular Hbond substituents is 1. The summed E-state index contributed by atoms with van der Waals surface area (Å²) in [5.41, 5.74) is 7.04. The highest BCUT2D eigenvalue weighted by molar-refractivity contribution is 7.80. The number of carbonyl (C=O) groups is 1. The molecule has 130 valence electrons. The first kappa shape index (κ1) is 19.1. The van der Waals surface area contributed by atoms with Gasteiger partial charge in [0.05, 0.1) is 0 Å². The summed E-state index contributed by atoms with van der Waals surface area (Å²) in [6, 6.07) is 13.3. The Morgan fingerprint density at radius 2 is 1.76 bits per heavy atom. The monoisotopic (exact) mass is 391 g/mol. The molecule has 0 spiro atoms. The van der Waals surface area contributed by atoms with E-state index in [0.29, 0.717) is 11.4 Å². The number of benzene rings is 2. The minimum atomic E-state index is -0.659. The van der Waals surface area contributed by atoms with E-state index in [1.54, 1.807) is 32.8 Å². The summed E-state index contributed by atoms with van der Waals surface area (Å²) in [6.45, 7) is 4.00. The quantitative estimate of drug-likeness (QED) is 0.149. The summed E-state index contributed by atoms with van der Waals surface area (Å²) in [6.07, 6.45) is 0. The van der Waals surface area contributed by atoms with Gasteiger partial charge in [-0.3, -0.25) is 0 Å². The summed E-state index contributed by atoms with van der Waals surface area (Å²) in [5, 5.41) is 9.71. The average Bonchev–Trinajstić information content (AvgIpc) is 3.06. The second kappa shape index (κ2) is 8.75. The number of carbonyl (C=O) groups excluding carboxylic acids is 1. The molecule has 0 amide bonds. The van der Waals surface area contributed by atoms with Crippen molar-refractivity contribution in [1.29, 1.82) is 0 Å². The van der Waals surface area contributed by atoms with Crippen molar-refractivity contribution in [3.63, 3.8) is 0 Å². The van der Waals surface area contributed by atoms with Crippen LogP contribution in [-0.2, 0) is 0 Å². The number of esters is 1. The number of nitrogen functional groups attached to an aromatic ring is 1. The van der Waals surface area contributed by atoms with Gasteiger partial charge in [-0.25, -0.2) is 4.79 Å². The van der Waals surface area contributed by atoms with Gasteiger partial charge in [0.15, 0.2) is 0 Å². The number of anilines is 1. The molecule has 0 aliphatic heterocycles. The molecule has 1 heterocycles. The van der Waals surface area contributed by atoms with Gasteiger partial charge in [-0.05, 0) is 54.1 Å². The molecule has 3 rings (SSSR count). The van der Waals surface area contributed by atoms with Gasteiger partial charge in [-0.1, -0.05) is 46.7 Å². The van der Waals surface area contributed by atoms with Crippen molar-refractivity contribution in [2.24, 2.45) is 0 Å². The molecule has 0 saturated carbocycles. The van der Waals surface area contributed by atoms with Crippen LogP contribution in [0.25, 0.3) is 10.4 Å². The Bertz CT molecular complexity index is 914.